The Morgan fingerprint density at radius 2 is 1.92 bits per heavy atom. The normalized spacial score (nSPS) is 21.9. The van der Waals surface area contributed by atoms with Gasteiger partial charge in [-0.15, -0.1) is 0 Å². The Hall–Kier alpha value is -5.51. The van der Waals surface area contributed by atoms with E-state index in [-0.39, 0.29) is 29.4 Å². The smallest absolute Gasteiger partial charge is 0.323 e. The fourth-order valence-electron chi connectivity index (χ4n) is 7.16. The van der Waals surface area contributed by atoms with Crippen LogP contribution in [0.15, 0.2) is 67.3 Å². The zero-order valence-corrected chi connectivity index (χ0v) is 27.0. The lowest BCUT2D eigenvalue weighted by Gasteiger charge is -2.36. The maximum atomic E-state index is 13.8. The molecule has 1 unspecified atom stereocenters. The topological polar surface area (TPSA) is 157 Å². The summed E-state index contributed by atoms with van der Waals surface area (Å²) < 4.78 is 1.75. The molecule has 0 bridgehead atoms. The molecule has 3 amide bonds. The van der Waals surface area contributed by atoms with Gasteiger partial charge in [-0.1, -0.05) is 30.3 Å². The van der Waals surface area contributed by atoms with E-state index in [0.29, 0.717) is 49.2 Å². The average molecular weight is 646 g/mol. The van der Waals surface area contributed by atoms with Crippen molar-refractivity contribution >= 4 is 29.5 Å². The first-order valence-electron chi connectivity index (χ1n) is 16.5. The van der Waals surface area contributed by atoms with Crippen LogP contribution in [-0.2, 0) is 18.4 Å². The van der Waals surface area contributed by atoms with Crippen LogP contribution >= 0.6 is 0 Å². The highest BCUT2D eigenvalue weighted by Crippen LogP contribution is 2.39. The minimum absolute atomic E-state index is 0.0449. The van der Waals surface area contributed by atoms with Crippen molar-refractivity contribution < 1.29 is 9.59 Å². The van der Waals surface area contributed by atoms with Gasteiger partial charge in [0.15, 0.2) is 5.82 Å². The summed E-state index contributed by atoms with van der Waals surface area (Å²) in [6, 6.07) is 15.9. The Morgan fingerprint density at radius 1 is 1.08 bits per heavy atom. The average Bonchev–Trinajstić information content (AvgIpc) is 3.85. The SMILES string of the molecule is Cn1cc(-c2ccc(N(C(=O)NCc3ccccc3)[C@H]3CC[C@H](Nc4ncc(C#N)c(N5CCC6(CNC(=O)C6)C5)n4)CC3)nc2)cn1. The van der Waals surface area contributed by atoms with Crippen LogP contribution in [0.1, 0.15) is 49.7 Å². The van der Waals surface area contributed by atoms with Crippen LogP contribution in [-0.4, -0.2) is 68.4 Å². The summed E-state index contributed by atoms with van der Waals surface area (Å²) in [5, 5.41) is 23.6. The molecule has 1 aliphatic carbocycles. The first-order chi connectivity index (χ1) is 23.4. The van der Waals surface area contributed by atoms with Crippen LogP contribution in [0.25, 0.3) is 11.1 Å². The minimum atomic E-state index is -0.181. The lowest BCUT2D eigenvalue weighted by atomic mass is 9.86. The summed E-state index contributed by atoms with van der Waals surface area (Å²) in [5.41, 5.74) is 3.25. The van der Waals surface area contributed by atoms with Gasteiger partial charge < -0.3 is 20.9 Å². The Morgan fingerprint density at radius 3 is 2.60 bits per heavy atom. The number of aromatic nitrogens is 5. The Bertz CT molecular complexity index is 1810. The molecule has 7 rings (SSSR count). The minimum Gasteiger partial charge on any atom is -0.355 e. The van der Waals surface area contributed by atoms with Crippen LogP contribution in [0.4, 0.5) is 22.4 Å². The molecule has 246 valence electrons. The number of nitriles is 1. The standard InChI is InChI=1S/C35H39N11O2/c1-44-21-27(20-41-44)25-7-12-30(37-18-25)46(34(48)39-17-24-5-3-2-4-6-24)29-10-8-28(9-11-29)42-33-38-19-26(16-36)32(43-33)45-14-13-35(23-45)15-31(47)40-22-35/h2-7,12,18-21,28-29H,8-11,13-15,17,22-23H2,1H3,(H,39,48)(H,40,47)(H,38,42,43)/t28-,29-,35?. The molecule has 2 aliphatic heterocycles. The maximum Gasteiger partial charge on any atom is 0.323 e. The number of anilines is 3. The summed E-state index contributed by atoms with van der Waals surface area (Å²) in [5.74, 6) is 1.79. The summed E-state index contributed by atoms with van der Waals surface area (Å²) in [6.07, 6.45) is 11.6. The monoisotopic (exact) mass is 645 g/mol. The molecule has 2 saturated heterocycles. The molecule has 1 atom stereocenters. The van der Waals surface area contributed by atoms with E-state index in [2.05, 4.69) is 37.0 Å². The summed E-state index contributed by atoms with van der Waals surface area (Å²) in [4.78, 5) is 43.6. The third-order valence-electron chi connectivity index (χ3n) is 9.76. The van der Waals surface area contributed by atoms with Crippen molar-refractivity contribution in [3.05, 3.63) is 78.4 Å². The van der Waals surface area contributed by atoms with Crippen molar-refractivity contribution in [1.82, 2.24) is 35.4 Å². The van der Waals surface area contributed by atoms with E-state index in [0.717, 1.165) is 55.3 Å². The molecule has 3 aliphatic rings. The van der Waals surface area contributed by atoms with Gasteiger partial charge in [-0.25, -0.2) is 14.8 Å². The predicted octanol–water partition coefficient (Wildman–Crippen LogP) is 4.00. The van der Waals surface area contributed by atoms with Crippen LogP contribution in [0.3, 0.4) is 0 Å². The first-order valence-corrected chi connectivity index (χ1v) is 16.5. The number of nitrogens with one attached hydrogen (secondary N) is 3. The third kappa shape index (κ3) is 6.64. The van der Waals surface area contributed by atoms with Crippen molar-refractivity contribution in [2.45, 2.75) is 57.2 Å². The first kappa shape index (κ1) is 31.1. The number of rotatable bonds is 8. The number of hydrogen-bond donors (Lipinski definition) is 3. The molecule has 48 heavy (non-hydrogen) atoms. The lowest BCUT2D eigenvalue weighted by Crippen LogP contribution is -2.49. The second kappa shape index (κ2) is 13.3. The Balaban J connectivity index is 1.03. The lowest BCUT2D eigenvalue weighted by molar-refractivity contribution is -0.119. The van der Waals surface area contributed by atoms with E-state index >= 15 is 0 Å². The van der Waals surface area contributed by atoms with Crippen molar-refractivity contribution in [3.63, 3.8) is 0 Å². The van der Waals surface area contributed by atoms with Gasteiger partial charge >= 0.3 is 6.03 Å². The molecule has 1 saturated carbocycles. The molecule has 13 heteroatoms. The number of hydrogen-bond acceptors (Lipinski definition) is 9. The number of nitrogens with zero attached hydrogens (tertiary/aromatic N) is 8. The summed E-state index contributed by atoms with van der Waals surface area (Å²) in [7, 11) is 1.88. The van der Waals surface area contributed by atoms with E-state index in [4.69, 9.17) is 9.97 Å². The van der Waals surface area contributed by atoms with Gasteiger partial charge in [-0.05, 0) is 49.8 Å². The van der Waals surface area contributed by atoms with Gasteiger partial charge in [-0.2, -0.15) is 15.3 Å². The van der Waals surface area contributed by atoms with E-state index < -0.39 is 0 Å². The highest BCUT2D eigenvalue weighted by atomic mass is 16.2. The Labute approximate surface area is 279 Å². The van der Waals surface area contributed by atoms with Crippen molar-refractivity contribution in [2.75, 3.05) is 34.8 Å². The van der Waals surface area contributed by atoms with Crippen molar-refractivity contribution in [2.24, 2.45) is 12.5 Å². The quantitative estimate of drug-likeness (QED) is 0.258. The number of carbonyl (C=O) groups is 2. The van der Waals surface area contributed by atoms with Crippen LogP contribution in [0.2, 0.25) is 0 Å². The van der Waals surface area contributed by atoms with Crippen LogP contribution < -0.4 is 25.8 Å². The fourth-order valence-corrected chi connectivity index (χ4v) is 7.16. The molecular weight excluding hydrogens is 606 g/mol. The second-order valence-corrected chi connectivity index (χ2v) is 13.1. The van der Waals surface area contributed by atoms with E-state index in [1.54, 1.807) is 28.2 Å². The highest BCUT2D eigenvalue weighted by molar-refractivity contribution is 5.91. The van der Waals surface area contributed by atoms with Gasteiger partial charge in [0, 0.05) is 80.7 Å². The molecule has 3 fully saturated rings. The number of pyridine rings is 1. The molecule has 1 aromatic carbocycles. The number of urea groups is 1. The molecule has 3 N–H and O–H groups in total. The number of carbonyl (C=O) groups excluding carboxylic acids is 2. The largest absolute Gasteiger partial charge is 0.355 e. The molecular formula is C35H39N11O2. The van der Waals surface area contributed by atoms with Crippen molar-refractivity contribution in [3.8, 4) is 17.2 Å². The van der Waals surface area contributed by atoms with E-state index in [1.807, 2.05) is 55.7 Å². The molecule has 3 aromatic heterocycles. The van der Waals surface area contributed by atoms with Crippen LogP contribution in [0, 0.1) is 16.7 Å². The van der Waals surface area contributed by atoms with E-state index in [9.17, 15) is 14.9 Å². The van der Waals surface area contributed by atoms with E-state index in [1.165, 1.54) is 0 Å². The fraction of sp³-hybridized carbons (Fsp3) is 0.400. The molecule has 1 spiro atoms. The predicted molar refractivity (Wildman–Crippen MR) is 181 cm³/mol. The number of benzene rings is 1. The van der Waals surface area contributed by atoms with Gasteiger partial charge in [0.2, 0.25) is 11.9 Å². The van der Waals surface area contributed by atoms with Gasteiger partial charge in [0.25, 0.3) is 0 Å². The summed E-state index contributed by atoms with van der Waals surface area (Å²) >= 11 is 0. The molecule has 0 radical (unpaired) electrons. The highest BCUT2D eigenvalue weighted by Gasteiger charge is 2.44. The second-order valence-electron chi connectivity index (χ2n) is 13.1. The van der Waals surface area contributed by atoms with Gasteiger partial charge in [0.1, 0.15) is 17.5 Å². The zero-order chi connectivity index (χ0) is 33.1. The zero-order valence-electron chi connectivity index (χ0n) is 27.0. The third-order valence-corrected chi connectivity index (χ3v) is 9.76. The van der Waals surface area contributed by atoms with Crippen LogP contribution in [0.5, 0.6) is 0 Å². The van der Waals surface area contributed by atoms with Crippen molar-refractivity contribution in [1.29, 1.82) is 5.26 Å². The van der Waals surface area contributed by atoms with Gasteiger partial charge in [-0.3, -0.25) is 14.4 Å². The summed E-state index contributed by atoms with van der Waals surface area (Å²) in [6.45, 7) is 2.51. The molecule has 5 heterocycles. The van der Waals surface area contributed by atoms with Gasteiger partial charge in [0.05, 0.1) is 12.4 Å². The molecule has 4 aromatic rings. The maximum absolute atomic E-state index is 13.8. The molecule has 13 nitrogen and oxygen atoms in total. The number of aryl methyl sites for hydroxylation is 1. The Kier molecular flexibility index (Phi) is 8.63. The number of amides is 3.